The van der Waals surface area contributed by atoms with Crippen LogP contribution in [-0.2, 0) is 4.79 Å². The zero-order valence-corrected chi connectivity index (χ0v) is 13.7. The van der Waals surface area contributed by atoms with E-state index in [2.05, 4.69) is 5.32 Å². The molecule has 0 radical (unpaired) electrons. The number of nitrogens with zero attached hydrogens (tertiary/aromatic N) is 1. The van der Waals surface area contributed by atoms with Crippen molar-refractivity contribution in [2.45, 2.75) is 13.8 Å². The summed E-state index contributed by atoms with van der Waals surface area (Å²) in [4.78, 5) is 25.4. The van der Waals surface area contributed by atoms with Crippen LogP contribution in [0.4, 0.5) is 14.5 Å². The predicted octanol–water partition coefficient (Wildman–Crippen LogP) is 3.29. The SMILES string of the molecule is Cc1ccc(C)c(NC(=O)CN(C)C(=O)c2ccc(F)cc2F)c1. The van der Waals surface area contributed by atoms with Gasteiger partial charge in [0.25, 0.3) is 5.91 Å². The monoisotopic (exact) mass is 332 g/mol. The summed E-state index contributed by atoms with van der Waals surface area (Å²) in [5.74, 6) is -2.81. The molecule has 2 aromatic carbocycles. The normalized spacial score (nSPS) is 10.4. The van der Waals surface area contributed by atoms with Crippen LogP contribution in [0.25, 0.3) is 0 Å². The van der Waals surface area contributed by atoms with Crippen molar-refractivity contribution in [3.63, 3.8) is 0 Å². The quantitative estimate of drug-likeness (QED) is 0.934. The van der Waals surface area contributed by atoms with Gasteiger partial charge in [0.1, 0.15) is 11.6 Å². The third-order valence-corrected chi connectivity index (χ3v) is 3.56. The fourth-order valence-corrected chi connectivity index (χ4v) is 2.22. The molecule has 6 heteroatoms. The molecule has 126 valence electrons. The summed E-state index contributed by atoms with van der Waals surface area (Å²) < 4.78 is 26.6. The van der Waals surface area contributed by atoms with E-state index in [1.165, 1.54) is 7.05 Å². The van der Waals surface area contributed by atoms with Crippen molar-refractivity contribution in [3.05, 3.63) is 64.7 Å². The smallest absolute Gasteiger partial charge is 0.257 e. The van der Waals surface area contributed by atoms with E-state index in [0.717, 1.165) is 28.2 Å². The lowest BCUT2D eigenvalue weighted by molar-refractivity contribution is -0.116. The molecule has 0 fully saturated rings. The number of likely N-dealkylation sites (N-methyl/N-ethyl adjacent to an activating group) is 1. The molecule has 0 spiro atoms. The Kier molecular flexibility index (Phi) is 5.28. The van der Waals surface area contributed by atoms with Crippen LogP contribution in [0.1, 0.15) is 21.5 Å². The second-order valence-electron chi connectivity index (χ2n) is 5.65. The molecule has 2 aromatic rings. The summed E-state index contributed by atoms with van der Waals surface area (Å²) in [5, 5.41) is 2.73. The standard InChI is InChI=1S/C18H18F2N2O2/c1-11-4-5-12(2)16(8-11)21-17(23)10-22(3)18(24)14-7-6-13(19)9-15(14)20/h4-9H,10H2,1-3H3,(H,21,23). The minimum absolute atomic E-state index is 0.247. The van der Waals surface area contributed by atoms with Crippen molar-refractivity contribution < 1.29 is 18.4 Å². The summed E-state index contributed by atoms with van der Waals surface area (Å²) in [7, 11) is 1.38. The number of amides is 2. The Labute approximate surface area is 139 Å². The molecule has 0 aliphatic rings. The van der Waals surface area contributed by atoms with E-state index >= 15 is 0 Å². The van der Waals surface area contributed by atoms with Gasteiger partial charge in [0.2, 0.25) is 5.91 Å². The summed E-state index contributed by atoms with van der Waals surface area (Å²) in [6.07, 6.45) is 0. The highest BCUT2D eigenvalue weighted by Crippen LogP contribution is 2.16. The molecule has 0 bridgehead atoms. The van der Waals surface area contributed by atoms with Gasteiger partial charge in [-0.3, -0.25) is 9.59 Å². The molecule has 4 nitrogen and oxygen atoms in total. The van der Waals surface area contributed by atoms with Crippen LogP contribution in [-0.4, -0.2) is 30.3 Å². The second-order valence-corrected chi connectivity index (χ2v) is 5.65. The van der Waals surface area contributed by atoms with E-state index in [4.69, 9.17) is 0 Å². The third-order valence-electron chi connectivity index (χ3n) is 3.56. The van der Waals surface area contributed by atoms with E-state index in [0.29, 0.717) is 11.8 Å². The zero-order chi connectivity index (χ0) is 17.9. The Balaban J connectivity index is 2.05. The Morgan fingerprint density at radius 2 is 1.79 bits per heavy atom. The van der Waals surface area contributed by atoms with Crippen LogP contribution in [0.15, 0.2) is 36.4 Å². The second kappa shape index (κ2) is 7.21. The van der Waals surface area contributed by atoms with Crippen LogP contribution in [0.5, 0.6) is 0 Å². The molecule has 0 aliphatic carbocycles. The van der Waals surface area contributed by atoms with E-state index in [9.17, 15) is 18.4 Å². The van der Waals surface area contributed by atoms with Gasteiger partial charge >= 0.3 is 0 Å². The molecule has 1 N–H and O–H groups in total. The van der Waals surface area contributed by atoms with Crippen LogP contribution in [0.2, 0.25) is 0 Å². The van der Waals surface area contributed by atoms with E-state index in [1.54, 1.807) is 0 Å². The van der Waals surface area contributed by atoms with Crippen molar-refractivity contribution in [1.82, 2.24) is 4.90 Å². The minimum Gasteiger partial charge on any atom is -0.332 e. The highest BCUT2D eigenvalue weighted by molar-refractivity contribution is 5.99. The summed E-state index contributed by atoms with van der Waals surface area (Å²) in [6, 6.07) is 8.34. The average molecular weight is 332 g/mol. The van der Waals surface area contributed by atoms with Crippen LogP contribution in [0.3, 0.4) is 0 Å². The molecule has 2 amide bonds. The van der Waals surface area contributed by atoms with Gasteiger partial charge in [-0.2, -0.15) is 0 Å². The fourth-order valence-electron chi connectivity index (χ4n) is 2.22. The summed E-state index contributed by atoms with van der Waals surface area (Å²) in [6.45, 7) is 3.52. The van der Waals surface area contributed by atoms with Gasteiger partial charge in [-0.15, -0.1) is 0 Å². The Morgan fingerprint density at radius 1 is 1.08 bits per heavy atom. The van der Waals surface area contributed by atoms with E-state index < -0.39 is 23.4 Å². The largest absolute Gasteiger partial charge is 0.332 e. The molecule has 0 atom stereocenters. The van der Waals surface area contributed by atoms with Crippen LogP contribution in [0, 0.1) is 25.5 Å². The topological polar surface area (TPSA) is 49.4 Å². The first-order valence-electron chi connectivity index (χ1n) is 7.35. The summed E-state index contributed by atoms with van der Waals surface area (Å²) in [5.41, 5.74) is 2.27. The molecule has 0 aromatic heterocycles. The van der Waals surface area contributed by atoms with Gasteiger partial charge in [-0.25, -0.2) is 8.78 Å². The maximum atomic E-state index is 13.7. The first-order chi connectivity index (χ1) is 11.3. The number of hydrogen-bond donors (Lipinski definition) is 1. The van der Waals surface area contributed by atoms with Crippen molar-refractivity contribution in [2.24, 2.45) is 0 Å². The first kappa shape index (κ1) is 17.6. The van der Waals surface area contributed by atoms with Gasteiger partial charge in [0.15, 0.2) is 0 Å². The molecule has 0 unspecified atom stereocenters. The number of nitrogens with one attached hydrogen (secondary N) is 1. The number of aryl methyl sites for hydroxylation is 2. The van der Waals surface area contributed by atoms with Crippen LogP contribution < -0.4 is 5.32 Å². The van der Waals surface area contributed by atoms with Crippen molar-refractivity contribution >= 4 is 17.5 Å². The molecule has 0 aliphatic heterocycles. The average Bonchev–Trinajstić information content (AvgIpc) is 2.50. The van der Waals surface area contributed by atoms with Crippen molar-refractivity contribution in [1.29, 1.82) is 0 Å². The number of rotatable bonds is 4. The lowest BCUT2D eigenvalue weighted by Gasteiger charge is -2.18. The molecular weight excluding hydrogens is 314 g/mol. The maximum absolute atomic E-state index is 13.7. The zero-order valence-electron chi connectivity index (χ0n) is 13.7. The number of carbonyl (C=O) groups is 2. The maximum Gasteiger partial charge on any atom is 0.257 e. The fraction of sp³-hybridized carbons (Fsp3) is 0.222. The number of anilines is 1. The van der Waals surface area contributed by atoms with Crippen molar-refractivity contribution in [3.8, 4) is 0 Å². The third kappa shape index (κ3) is 4.16. The first-order valence-corrected chi connectivity index (χ1v) is 7.35. The summed E-state index contributed by atoms with van der Waals surface area (Å²) >= 11 is 0. The van der Waals surface area contributed by atoms with Gasteiger partial charge < -0.3 is 10.2 Å². The Morgan fingerprint density at radius 3 is 2.46 bits per heavy atom. The molecule has 0 heterocycles. The van der Waals surface area contributed by atoms with E-state index in [-0.39, 0.29) is 12.1 Å². The minimum atomic E-state index is -0.957. The molecule has 24 heavy (non-hydrogen) atoms. The van der Waals surface area contributed by atoms with Crippen LogP contribution >= 0.6 is 0 Å². The number of hydrogen-bond acceptors (Lipinski definition) is 2. The molecule has 0 saturated heterocycles. The molecule has 0 saturated carbocycles. The van der Waals surface area contributed by atoms with Gasteiger partial charge in [-0.1, -0.05) is 12.1 Å². The highest BCUT2D eigenvalue weighted by Gasteiger charge is 2.19. The highest BCUT2D eigenvalue weighted by atomic mass is 19.1. The van der Waals surface area contributed by atoms with Crippen molar-refractivity contribution in [2.75, 3.05) is 18.9 Å². The Bertz CT molecular complexity index is 791. The van der Waals surface area contributed by atoms with Gasteiger partial charge in [0.05, 0.1) is 12.1 Å². The molecular formula is C18H18F2N2O2. The van der Waals surface area contributed by atoms with Gasteiger partial charge in [0, 0.05) is 18.8 Å². The predicted molar refractivity (Wildman–Crippen MR) is 87.9 cm³/mol. The number of carbonyl (C=O) groups excluding carboxylic acids is 2. The number of halogens is 2. The molecule has 2 rings (SSSR count). The van der Waals surface area contributed by atoms with E-state index in [1.807, 2.05) is 32.0 Å². The van der Waals surface area contributed by atoms with Gasteiger partial charge in [-0.05, 0) is 43.2 Å². The lowest BCUT2D eigenvalue weighted by atomic mass is 10.1. The number of benzene rings is 2. The lowest BCUT2D eigenvalue weighted by Crippen LogP contribution is -2.35. The Hall–Kier alpha value is -2.76.